The van der Waals surface area contributed by atoms with Gasteiger partial charge in [-0.1, -0.05) is 53.7 Å². The van der Waals surface area contributed by atoms with E-state index in [1.54, 1.807) is 18.9 Å². The Morgan fingerprint density at radius 3 is 2.83 bits per heavy atom. The molecule has 0 saturated carbocycles. The molecule has 3 aromatic carbocycles. The number of likely N-dealkylation sites (tertiary alicyclic amines) is 1. The van der Waals surface area contributed by atoms with Crippen molar-refractivity contribution in [2.75, 3.05) is 13.7 Å². The van der Waals surface area contributed by atoms with Crippen molar-refractivity contribution >= 4 is 39.7 Å². The Morgan fingerprint density at radius 2 is 1.98 bits per heavy atom. The van der Waals surface area contributed by atoms with Crippen LogP contribution in [0.2, 0.25) is 0 Å². The Kier molecular flexibility index (Phi) is 7.32. The fourth-order valence-electron chi connectivity index (χ4n) is 5.30. The van der Waals surface area contributed by atoms with E-state index < -0.39 is 6.04 Å². The number of H-pyrrole nitrogens is 1. The van der Waals surface area contributed by atoms with E-state index >= 15 is 0 Å². The quantitative estimate of drug-likeness (QED) is 0.277. The summed E-state index contributed by atoms with van der Waals surface area (Å²) < 4.78 is 11.3. The van der Waals surface area contributed by atoms with Crippen LogP contribution < -0.4 is 15.5 Å². The minimum atomic E-state index is -0.413. The van der Waals surface area contributed by atoms with Crippen molar-refractivity contribution in [1.82, 2.24) is 20.2 Å². The van der Waals surface area contributed by atoms with Gasteiger partial charge in [-0.3, -0.25) is 14.5 Å². The van der Waals surface area contributed by atoms with Crippen LogP contribution in [0.3, 0.4) is 0 Å². The van der Waals surface area contributed by atoms with Gasteiger partial charge in [-0.15, -0.1) is 0 Å². The highest BCUT2D eigenvalue weighted by Crippen LogP contribution is 2.33. The van der Waals surface area contributed by atoms with E-state index in [0.717, 1.165) is 33.1 Å². The first-order chi connectivity index (χ1) is 19.5. The van der Waals surface area contributed by atoms with Crippen LogP contribution >= 0.6 is 11.8 Å². The third-order valence-electron chi connectivity index (χ3n) is 7.33. The van der Waals surface area contributed by atoms with Gasteiger partial charge >= 0.3 is 0 Å². The van der Waals surface area contributed by atoms with Gasteiger partial charge in [0.15, 0.2) is 10.6 Å². The number of methoxy groups -OCH3 is 1. The Hall–Kier alpha value is -4.08. The van der Waals surface area contributed by atoms with E-state index in [0.29, 0.717) is 42.6 Å². The smallest absolute Gasteiger partial charge is 0.237 e. The summed E-state index contributed by atoms with van der Waals surface area (Å²) in [6, 6.07) is 20.7. The van der Waals surface area contributed by atoms with Crippen molar-refractivity contribution in [3.63, 3.8) is 0 Å². The maximum absolute atomic E-state index is 13.6. The Balaban J connectivity index is 1.24. The number of carbonyl (C=O) groups excluding carboxylic acids is 1. The predicted molar refractivity (Wildman–Crippen MR) is 157 cm³/mol. The molecule has 3 heterocycles. The summed E-state index contributed by atoms with van der Waals surface area (Å²) >= 11 is 1.63. The van der Waals surface area contributed by atoms with E-state index in [4.69, 9.17) is 14.1 Å². The van der Waals surface area contributed by atoms with Gasteiger partial charge in [0.2, 0.25) is 5.91 Å². The maximum atomic E-state index is 13.6. The van der Waals surface area contributed by atoms with Crippen LogP contribution in [-0.2, 0) is 17.9 Å². The van der Waals surface area contributed by atoms with Gasteiger partial charge in [0.25, 0.3) is 0 Å². The van der Waals surface area contributed by atoms with Crippen LogP contribution in [0.4, 0.5) is 0 Å². The number of benzene rings is 3. The molecule has 0 unspecified atom stereocenters. The average molecular weight is 555 g/mol. The van der Waals surface area contributed by atoms with Gasteiger partial charge < -0.3 is 19.5 Å². The van der Waals surface area contributed by atoms with Crippen LogP contribution in [0.1, 0.15) is 23.1 Å². The maximum Gasteiger partial charge on any atom is 0.237 e. The molecule has 0 spiro atoms. The summed E-state index contributed by atoms with van der Waals surface area (Å²) in [7, 11) is 1.62. The van der Waals surface area contributed by atoms with Gasteiger partial charge in [-0.2, -0.15) is 0 Å². The van der Waals surface area contributed by atoms with E-state index in [9.17, 15) is 9.59 Å². The molecule has 5 aromatic rings. The molecule has 0 radical (unpaired) electrons. The summed E-state index contributed by atoms with van der Waals surface area (Å²) in [4.78, 5) is 37.1. The van der Waals surface area contributed by atoms with Crippen molar-refractivity contribution in [2.24, 2.45) is 0 Å². The van der Waals surface area contributed by atoms with Gasteiger partial charge in [0.1, 0.15) is 11.3 Å². The highest BCUT2D eigenvalue weighted by Gasteiger charge is 2.38. The first kappa shape index (κ1) is 26.2. The Morgan fingerprint density at radius 1 is 1.15 bits per heavy atom. The number of nitrogens with zero attached hydrogens (tertiary/aromatic N) is 2. The highest BCUT2D eigenvalue weighted by atomic mass is 32.2. The number of ether oxygens (including phenoxy) is 1. The van der Waals surface area contributed by atoms with Crippen molar-refractivity contribution in [1.29, 1.82) is 0 Å². The van der Waals surface area contributed by atoms with Crippen molar-refractivity contribution in [2.45, 2.75) is 42.9 Å². The fraction of sp³-hybridized carbons (Fsp3) is 0.258. The zero-order chi connectivity index (χ0) is 27.6. The fourth-order valence-corrected chi connectivity index (χ4v) is 6.48. The molecule has 2 N–H and O–H groups in total. The number of thioether (sulfide) groups is 1. The number of rotatable bonds is 8. The molecular weight excluding hydrogens is 524 g/mol. The van der Waals surface area contributed by atoms with E-state index in [1.165, 1.54) is 6.26 Å². The number of aromatic amines is 1. The van der Waals surface area contributed by atoms with Crippen LogP contribution in [-0.4, -0.2) is 45.7 Å². The zero-order valence-electron chi connectivity index (χ0n) is 22.3. The van der Waals surface area contributed by atoms with Crippen molar-refractivity contribution in [3.8, 4) is 5.75 Å². The van der Waals surface area contributed by atoms with Crippen LogP contribution in [0, 0.1) is 6.92 Å². The highest BCUT2D eigenvalue weighted by molar-refractivity contribution is 7.99. The lowest BCUT2D eigenvalue weighted by molar-refractivity contribution is -0.125. The lowest BCUT2D eigenvalue weighted by Gasteiger charge is -2.23. The molecule has 8 nitrogen and oxygen atoms in total. The lowest BCUT2D eigenvalue weighted by atomic mass is 10.1. The minimum absolute atomic E-state index is 0.0634. The third kappa shape index (κ3) is 5.35. The number of carbonyl (C=O) groups is 1. The predicted octanol–water partition coefficient (Wildman–Crippen LogP) is 5.04. The number of aromatic nitrogens is 2. The largest absolute Gasteiger partial charge is 0.496 e. The number of amides is 1. The molecule has 0 aliphatic carbocycles. The van der Waals surface area contributed by atoms with Crippen LogP contribution in [0.25, 0.3) is 22.0 Å². The second-order valence-electron chi connectivity index (χ2n) is 10.1. The molecular formula is C31H30N4O4S. The van der Waals surface area contributed by atoms with Gasteiger partial charge in [0.05, 0.1) is 35.8 Å². The van der Waals surface area contributed by atoms with Crippen LogP contribution in [0.15, 0.2) is 87.4 Å². The van der Waals surface area contributed by atoms with Gasteiger partial charge in [0, 0.05) is 36.0 Å². The first-order valence-corrected chi connectivity index (χ1v) is 14.1. The molecule has 6 rings (SSSR count). The molecule has 1 aliphatic heterocycles. The molecule has 2 atom stereocenters. The van der Waals surface area contributed by atoms with E-state index in [-0.39, 0.29) is 16.6 Å². The lowest BCUT2D eigenvalue weighted by Crippen LogP contribution is -2.43. The molecule has 40 heavy (non-hydrogen) atoms. The van der Waals surface area contributed by atoms with Gasteiger partial charge in [-0.05, 0) is 43.7 Å². The second kappa shape index (κ2) is 11.2. The third-order valence-corrected chi connectivity index (χ3v) is 8.42. The molecule has 9 heteroatoms. The summed E-state index contributed by atoms with van der Waals surface area (Å²) in [6.45, 7) is 3.25. The molecule has 1 aliphatic rings. The standard InChI is InChI=1S/C31H30N4O4S/c1-19-11-12-28-23(13-19)29(36)21(18-39-28)16-35-17-22(40-31-33-24-8-4-5-9-25(24)34-31)14-26(35)30(37)32-15-20-7-3-6-10-27(20)38-2/h3-13,18,22,26H,14-17H2,1-2H3,(H,32,37)(H,33,34)/t22-,26+/m1/s1. The van der Waals surface area contributed by atoms with E-state index in [1.807, 2.05) is 73.7 Å². The minimum Gasteiger partial charge on any atom is -0.496 e. The number of para-hydroxylation sites is 3. The molecule has 1 fully saturated rings. The monoisotopic (exact) mass is 554 g/mol. The van der Waals surface area contributed by atoms with Gasteiger partial charge in [-0.25, -0.2) is 4.98 Å². The number of hydrogen-bond acceptors (Lipinski definition) is 7. The Bertz CT molecular complexity index is 1710. The molecule has 0 bridgehead atoms. The van der Waals surface area contributed by atoms with Crippen LogP contribution in [0.5, 0.6) is 5.75 Å². The zero-order valence-corrected chi connectivity index (χ0v) is 23.2. The molecule has 204 valence electrons. The summed E-state index contributed by atoms with van der Waals surface area (Å²) in [5.74, 6) is 0.646. The number of fused-ring (bicyclic) bond motifs is 2. The molecule has 2 aromatic heterocycles. The van der Waals surface area contributed by atoms with Crippen molar-refractivity contribution < 1.29 is 13.9 Å². The summed E-state index contributed by atoms with van der Waals surface area (Å²) in [5, 5.41) is 4.58. The number of nitrogens with one attached hydrogen (secondary N) is 2. The molecule has 1 saturated heterocycles. The summed E-state index contributed by atoms with van der Waals surface area (Å²) in [6.07, 6.45) is 2.15. The second-order valence-corrected chi connectivity index (χ2v) is 11.4. The van der Waals surface area contributed by atoms with E-state index in [2.05, 4.69) is 15.2 Å². The Labute approximate surface area is 235 Å². The number of hydrogen-bond donors (Lipinski definition) is 2. The number of aryl methyl sites for hydroxylation is 1. The normalized spacial score (nSPS) is 17.4. The topological polar surface area (TPSA) is 100 Å². The first-order valence-electron chi connectivity index (χ1n) is 13.2. The SMILES string of the molecule is COc1ccccc1CNC(=O)[C@@H]1C[C@@H](Sc2nc3ccccc3[nH]2)CN1Cc1coc2ccc(C)cc2c1=O. The van der Waals surface area contributed by atoms with Crippen molar-refractivity contribution in [3.05, 3.63) is 99.9 Å². The number of imidazole rings is 1. The molecule has 1 amide bonds. The average Bonchev–Trinajstić information content (AvgIpc) is 3.57. The summed E-state index contributed by atoms with van der Waals surface area (Å²) in [5.41, 5.74) is 4.83.